The van der Waals surface area contributed by atoms with E-state index in [9.17, 15) is 19.5 Å². The third kappa shape index (κ3) is 27.4. The van der Waals surface area contributed by atoms with Crippen LogP contribution < -0.4 is 16.4 Å². The summed E-state index contributed by atoms with van der Waals surface area (Å²) >= 11 is 0. The van der Waals surface area contributed by atoms with E-state index in [1.165, 1.54) is 166 Å². The first kappa shape index (κ1) is 104. The number of fused-ring (bicyclic) bond motifs is 5. The van der Waals surface area contributed by atoms with Crippen LogP contribution >= 0.6 is 0 Å². The van der Waals surface area contributed by atoms with Crippen molar-refractivity contribution in [3.8, 4) is 0 Å². The SMILES string of the molecule is CC(C)(C)OC(=O)N[C@H]1CC[C@H](O)c2ccccc21.CCO[C@H]1CC[C@H](CCC[C@@]2(c3ccccn3)CCOC3(CCCC3)C2)c2ccccc21.CCO[C@H]1CC[C@H](CCC[C@@]2(c3ccccn3)CCOC3(CCCC3)C2)c2ccccc21.CCO[C@H]1CC[C@H](N)c2ccccc21.CCO[C@H]1CC[C@H](NC(=O)OC(C)(C)C)c2ccccc21.O=CC[C@@]1(c2ccccn2)CCOC2(CCCC2)C1. The van der Waals surface area contributed by atoms with Crippen molar-refractivity contribution in [2.75, 3.05) is 46.2 Å². The lowest BCUT2D eigenvalue weighted by Gasteiger charge is -2.46. The Morgan fingerprint density at radius 3 is 1.07 bits per heavy atom. The average Bonchev–Trinajstić information content (AvgIpc) is 1.76. The highest BCUT2D eigenvalue weighted by molar-refractivity contribution is 5.69. The minimum absolute atomic E-state index is 0.00671. The van der Waals surface area contributed by atoms with Crippen LogP contribution in [0.1, 0.15) is 427 Å². The highest BCUT2D eigenvalue weighted by Crippen LogP contribution is 2.56. The van der Waals surface area contributed by atoms with E-state index in [1.54, 1.807) is 0 Å². The van der Waals surface area contributed by atoms with E-state index >= 15 is 0 Å². The zero-order valence-electron chi connectivity index (χ0n) is 84.3. The lowest BCUT2D eigenvalue weighted by Crippen LogP contribution is -2.46. The van der Waals surface area contributed by atoms with Gasteiger partial charge in [0, 0.05) is 111 Å². The number of hydrogen-bond acceptors (Lipinski definition) is 17. The number of nitrogens with two attached hydrogens (primary N) is 1. The van der Waals surface area contributed by atoms with E-state index in [0.29, 0.717) is 31.3 Å². The molecule has 3 aromatic heterocycles. The number of alkyl carbamates (subject to hydrolysis) is 2. The smallest absolute Gasteiger partial charge is 0.408 e. The number of ether oxygens (including phenoxy) is 9. The van der Waals surface area contributed by atoms with Crippen LogP contribution in [0.15, 0.2) is 195 Å². The number of hydrogen-bond donors (Lipinski definition) is 4. The molecule has 19 heteroatoms. The van der Waals surface area contributed by atoms with Crippen LogP contribution in [0.3, 0.4) is 0 Å². The lowest BCUT2D eigenvalue weighted by atomic mass is 9.66. The summed E-state index contributed by atoms with van der Waals surface area (Å²) in [6.07, 6.45) is 46.0. The molecule has 0 unspecified atom stereocenters. The summed E-state index contributed by atoms with van der Waals surface area (Å²) in [4.78, 5) is 49.3. The van der Waals surface area contributed by atoms with Gasteiger partial charge in [-0.15, -0.1) is 0 Å². The molecule has 3 spiro atoms. The quantitative estimate of drug-likeness (QED) is 0.0435. The Bertz CT molecular complexity index is 4880. The van der Waals surface area contributed by atoms with Gasteiger partial charge in [0.25, 0.3) is 0 Å². The van der Waals surface area contributed by atoms with E-state index in [4.69, 9.17) is 58.3 Å². The third-order valence-corrected chi connectivity index (χ3v) is 31.4. The monoisotopic (exact) mass is 1870 g/mol. The number of nitrogens with zero attached hydrogens (tertiary/aromatic N) is 3. The maximum absolute atomic E-state index is 12.0. The number of rotatable bonds is 23. The molecule has 13 atom stereocenters. The fourth-order valence-electron chi connectivity index (χ4n) is 25.1. The van der Waals surface area contributed by atoms with Gasteiger partial charge in [0.05, 0.1) is 59.4 Å². The van der Waals surface area contributed by atoms with Crippen molar-refractivity contribution in [1.82, 2.24) is 25.6 Å². The van der Waals surface area contributed by atoms with Gasteiger partial charge in [-0.2, -0.15) is 0 Å². The Balaban J connectivity index is 0.000000134. The van der Waals surface area contributed by atoms with E-state index in [0.717, 1.165) is 165 Å². The van der Waals surface area contributed by atoms with Crippen molar-refractivity contribution in [3.63, 3.8) is 0 Å². The Morgan fingerprint density at radius 2 is 0.693 bits per heavy atom. The first-order chi connectivity index (χ1) is 66.4. The van der Waals surface area contributed by atoms with E-state index in [-0.39, 0.29) is 81.7 Å². The van der Waals surface area contributed by atoms with Gasteiger partial charge in [-0.1, -0.05) is 191 Å². The zero-order chi connectivity index (χ0) is 96.4. The van der Waals surface area contributed by atoms with Crippen LogP contribution in [-0.4, -0.2) is 113 Å². The van der Waals surface area contributed by atoms with Gasteiger partial charge in [0.2, 0.25) is 0 Å². The van der Waals surface area contributed by atoms with Gasteiger partial charge in [-0.05, 0) is 340 Å². The Morgan fingerprint density at radius 1 is 0.387 bits per heavy atom. The van der Waals surface area contributed by atoms with Crippen LogP contribution in [0.5, 0.6) is 0 Å². The number of aliphatic hydroxyl groups excluding tert-OH is 1. The molecule has 3 aliphatic heterocycles. The van der Waals surface area contributed by atoms with Crippen LogP contribution in [-0.2, 0) is 63.7 Å². The molecule has 5 N–H and O–H groups in total. The number of benzene rings is 5. The molecule has 8 aliphatic carbocycles. The van der Waals surface area contributed by atoms with Crippen molar-refractivity contribution < 1.29 is 62.1 Å². The van der Waals surface area contributed by atoms with Gasteiger partial charge < -0.3 is 68.9 Å². The number of aliphatic hydroxyl groups is 1. The lowest BCUT2D eigenvalue weighted by molar-refractivity contribution is -0.118. The molecule has 3 saturated carbocycles. The molecule has 11 aliphatic rings. The first-order valence-corrected chi connectivity index (χ1v) is 52.8. The molecule has 6 fully saturated rings. The van der Waals surface area contributed by atoms with Gasteiger partial charge >= 0.3 is 12.2 Å². The molecule has 19 rings (SSSR count). The fourth-order valence-corrected chi connectivity index (χ4v) is 25.1. The van der Waals surface area contributed by atoms with E-state index < -0.39 is 23.4 Å². The molecular weight excluding hydrogens is 1710 g/mol. The maximum Gasteiger partial charge on any atom is 0.408 e. The Hall–Kier alpha value is -8.60. The summed E-state index contributed by atoms with van der Waals surface area (Å²) in [7, 11) is 0. The predicted molar refractivity (Wildman–Crippen MR) is 543 cm³/mol. The summed E-state index contributed by atoms with van der Waals surface area (Å²) in [5.74, 6) is 1.31. The topological polar surface area (TPSA) is 243 Å². The predicted octanol–water partition coefficient (Wildman–Crippen LogP) is 27.3. The van der Waals surface area contributed by atoms with Crippen molar-refractivity contribution in [1.29, 1.82) is 0 Å². The zero-order valence-corrected chi connectivity index (χ0v) is 84.3. The Labute approximate surface area is 819 Å². The third-order valence-electron chi connectivity index (χ3n) is 31.4. The minimum Gasteiger partial charge on any atom is -0.444 e. The van der Waals surface area contributed by atoms with Crippen LogP contribution in [0.4, 0.5) is 9.59 Å². The number of aldehydes is 1. The molecule has 742 valence electrons. The molecule has 0 radical (unpaired) electrons. The minimum atomic E-state index is -0.502. The van der Waals surface area contributed by atoms with Crippen molar-refractivity contribution in [3.05, 3.63) is 267 Å². The number of carbonyl (C=O) groups excluding carboxylic acids is 3. The molecule has 3 saturated heterocycles. The summed E-state index contributed by atoms with van der Waals surface area (Å²) in [6, 6.07) is 61.3. The summed E-state index contributed by atoms with van der Waals surface area (Å²) in [6.45, 7) is 25.0. The molecule has 19 nitrogen and oxygen atoms in total. The van der Waals surface area contributed by atoms with Crippen molar-refractivity contribution in [2.45, 2.75) is 399 Å². The van der Waals surface area contributed by atoms with Gasteiger partial charge in [0.15, 0.2) is 0 Å². The largest absolute Gasteiger partial charge is 0.444 e. The second kappa shape index (κ2) is 49.2. The fraction of sp³-hybridized carbons (Fsp3) is 0.593. The molecule has 8 aromatic rings. The highest BCUT2D eigenvalue weighted by Gasteiger charge is 2.52. The number of aromatic nitrogens is 3. The average molecular weight is 1870 g/mol. The van der Waals surface area contributed by atoms with E-state index in [1.807, 2.05) is 129 Å². The van der Waals surface area contributed by atoms with Crippen LogP contribution in [0.2, 0.25) is 0 Å². The summed E-state index contributed by atoms with van der Waals surface area (Å²) < 4.78 is 53.2. The van der Waals surface area contributed by atoms with E-state index in [2.05, 4.69) is 151 Å². The Kier molecular flexibility index (Phi) is 37.4. The second-order valence-electron chi connectivity index (χ2n) is 42.9. The van der Waals surface area contributed by atoms with Gasteiger partial charge in [-0.3, -0.25) is 15.0 Å². The first-order valence-electron chi connectivity index (χ1n) is 52.8. The molecule has 2 amide bonds. The number of nitrogens with one attached hydrogen (secondary N) is 2. The number of amides is 2. The maximum atomic E-state index is 12.0. The molecule has 6 heterocycles. The normalized spacial score (nSPS) is 26.8. The summed E-state index contributed by atoms with van der Waals surface area (Å²) in [5, 5.41) is 15.8. The standard InChI is InChI=1S/2C29H39NO2.C17H25NO3.C16H21NO2.C15H21NO3.C12H17NO/c2*1-2-31-26-15-14-23(24-11-3-4-12-25(24)26)10-9-16-28(27-13-5-8-20-30-27)19-21-32-29(22-28)17-6-7-18-29;1-5-20-15-11-10-14(12-8-6-7-9-13(12)15)18-16(19)21-17(2,3)4;18-11-8-15(14-5-1-4-10-17-14)9-12-19-16(13-15)6-2-3-7-16;1-15(2,3)19-14(18)16-12-8-9-13(17)11-7-5-4-6-10(11)12;1-2-14-12-8-7-11(13)9-5-3-4-6-10(9)12/h2*3-5,8,11-13,20,23,26H,2,6-7,9-10,14-19,21-22H2,1H3;6-9,14-15H,5,10-11H2,1-4H3,(H,18,19);1,4-5,10-11H,2-3,6-9,12-13H2;4-7,12-13,17H,8-9H2,1-3H3,(H,16,18);3-6,11-12H,2,7-8,13H2,1H3/t2*23-,26-,28+;14-,15-;15-;12-,13-;11-,12-/m000100/s1. The van der Waals surface area contributed by atoms with Crippen molar-refractivity contribution >= 4 is 18.5 Å². The molecular formula is C118H162N6O13. The molecule has 5 aromatic carbocycles. The van der Waals surface area contributed by atoms with Crippen molar-refractivity contribution in [2.24, 2.45) is 5.73 Å². The van der Waals surface area contributed by atoms with Gasteiger partial charge in [0.1, 0.15) is 17.5 Å². The number of pyridine rings is 3. The molecule has 0 bridgehead atoms. The van der Waals surface area contributed by atoms with Crippen LogP contribution in [0, 0.1) is 0 Å². The molecule has 137 heavy (non-hydrogen) atoms. The van der Waals surface area contributed by atoms with Crippen LogP contribution in [0.25, 0.3) is 0 Å². The summed E-state index contributed by atoms with van der Waals surface area (Å²) in [5.41, 5.74) is 21.9. The second-order valence-corrected chi connectivity index (χ2v) is 42.9. The highest BCUT2D eigenvalue weighted by atomic mass is 16.6. The number of carbonyl (C=O) groups is 3. The van der Waals surface area contributed by atoms with Gasteiger partial charge in [-0.25, -0.2) is 9.59 Å².